The molecular weight excluding hydrogens is 1130 g/mol. The van der Waals surface area contributed by atoms with Crippen LogP contribution in [0.4, 0.5) is 0 Å². The largest absolute Gasteiger partial charge is 1.00 e. The molecular formula is C45H47Ir2K2N3O5-2. The van der Waals surface area contributed by atoms with Gasteiger partial charge in [0.05, 0.1) is 11.5 Å². The summed E-state index contributed by atoms with van der Waals surface area (Å²) in [5.41, 5.74) is 13.2. The van der Waals surface area contributed by atoms with Crippen molar-refractivity contribution in [1.82, 2.24) is 15.0 Å². The van der Waals surface area contributed by atoms with Crippen molar-refractivity contribution < 1.29 is 169 Å². The average molecular weight is 1170 g/mol. The number of aryl methyl sites for hydroxylation is 6. The fraction of sp³-hybridized carbons (Fsp3) is 0.178. The molecule has 294 valence electrons. The standard InChI is InChI=1S/C13H13N.2C13H12N.C5H8O2.CH2O3.2Ir.2K.H/c3*1-10-5-3-7-12(9-10)13-8-4-6-11(2)14-13;1-4(6)3-5(2)7;2-1-4-3;;;;;/h3-9H,1-2H3;2*3-6,8-9H,1-2H3;3,6H,1-2H3;1,3H;;;;;/q;2*-1;;;;;2*+1;-1/p-1. The monoisotopic (exact) mass is 1170 g/mol. The Morgan fingerprint density at radius 2 is 1.00 bits per heavy atom. The Balaban J connectivity index is -0.000000323. The maximum absolute atomic E-state index is 10.0. The van der Waals surface area contributed by atoms with Crippen LogP contribution in [0.3, 0.4) is 0 Å². The molecule has 0 spiro atoms. The summed E-state index contributed by atoms with van der Waals surface area (Å²) in [6.45, 7) is 14.9. The van der Waals surface area contributed by atoms with E-state index in [0.29, 0.717) is 0 Å². The van der Waals surface area contributed by atoms with Crippen LogP contribution in [-0.4, -0.2) is 32.3 Å². The number of carbonyl (C=O) groups is 2. The van der Waals surface area contributed by atoms with Crippen LogP contribution in [0.15, 0.2) is 127 Å². The van der Waals surface area contributed by atoms with Crippen LogP contribution in [0.5, 0.6) is 0 Å². The van der Waals surface area contributed by atoms with Crippen LogP contribution >= 0.6 is 0 Å². The molecule has 3 aromatic heterocycles. The van der Waals surface area contributed by atoms with Crippen molar-refractivity contribution in [3.8, 4) is 33.8 Å². The minimum atomic E-state index is -0.181. The van der Waals surface area contributed by atoms with Gasteiger partial charge in [-0.2, -0.15) is 0 Å². The van der Waals surface area contributed by atoms with Crippen LogP contribution < -0.4 is 108 Å². The minimum absolute atomic E-state index is 0. The van der Waals surface area contributed by atoms with Crippen LogP contribution in [0.2, 0.25) is 0 Å². The molecule has 12 heteroatoms. The van der Waals surface area contributed by atoms with E-state index in [1.54, 1.807) is 0 Å². The number of aromatic nitrogens is 3. The molecule has 8 nitrogen and oxygen atoms in total. The molecule has 0 saturated carbocycles. The molecule has 6 rings (SSSR count). The second kappa shape index (κ2) is 34.1. The predicted octanol–water partition coefficient (Wildman–Crippen LogP) is 3.28. The van der Waals surface area contributed by atoms with Gasteiger partial charge >= 0.3 is 103 Å². The van der Waals surface area contributed by atoms with Gasteiger partial charge < -0.3 is 26.6 Å². The van der Waals surface area contributed by atoms with E-state index >= 15 is 0 Å². The third-order valence-electron chi connectivity index (χ3n) is 6.90. The summed E-state index contributed by atoms with van der Waals surface area (Å²) in [4.78, 5) is 34.7. The molecule has 3 heterocycles. The molecule has 0 aliphatic heterocycles. The number of carbonyl (C=O) groups excluding carboxylic acids is 2. The number of pyridine rings is 3. The Bertz CT molecular complexity index is 1760. The number of nitrogens with zero attached hydrogens (tertiary/aromatic N) is 3. The van der Waals surface area contributed by atoms with E-state index in [2.05, 4.69) is 89.1 Å². The first-order chi connectivity index (χ1) is 25.3. The fourth-order valence-corrected chi connectivity index (χ4v) is 4.64. The number of aliphatic hydroxyl groups is 1. The Morgan fingerprint density at radius 3 is 1.32 bits per heavy atom. The smallest absolute Gasteiger partial charge is 1.00 e. The topological polar surface area (TPSA) is 125 Å². The minimum Gasteiger partial charge on any atom is -1.00 e. The Hall–Kier alpha value is -1.68. The molecule has 0 unspecified atom stereocenters. The number of aliphatic hydroxyl groups excluding tert-OH is 1. The van der Waals surface area contributed by atoms with Crippen molar-refractivity contribution in [3.05, 3.63) is 173 Å². The summed E-state index contributed by atoms with van der Waals surface area (Å²) in [7, 11) is 0. The molecule has 0 atom stereocenters. The zero-order valence-corrected chi connectivity index (χ0v) is 45.2. The summed E-state index contributed by atoms with van der Waals surface area (Å²) >= 11 is 0. The summed E-state index contributed by atoms with van der Waals surface area (Å²) in [6.07, 6.45) is 1.17. The predicted molar refractivity (Wildman–Crippen MR) is 210 cm³/mol. The number of ketones is 1. The molecule has 0 aliphatic carbocycles. The van der Waals surface area contributed by atoms with Crippen LogP contribution in [0, 0.1) is 53.7 Å². The summed E-state index contributed by atoms with van der Waals surface area (Å²) < 4.78 is 0. The molecule has 0 fully saturated rings. The van der Waals surface area contributed by atoms with Gasteiger partial charge in [-0.15, -0.1) is 70.8 Å². The molecule has 3 aromatic carbocycles. The van der Waals surface area contributed by atoms with E-state index < -0.39 is 0 Å². The molecule has 2 radical (unpaired) electrons. The second-order valence-corrected chi connectivity index (χ2v) is 12.0. The first kappa shape index (κ1) is 59.6. The van der Waals surface area contributed by atoms with Crippen molar-refractivity contribution in [2.24, 2.45) is 0 Å². The van der Waals surface area contributed by atoms with Crippen LogP contribution in [-0.2, 0) is 54.7 Å². The SMILES string of the molecule is CC(=O)C=C(C)O.Cc1cc[c-]c(-c2cccc(C)n2)c1.Cc1cc[c-]c(-c2cccc(C)n2)c1.Cc1cccc(-c2cccc(C)n2)c1.O=CO[O-].[H-].[Ir].[Ir].[K+].[K+]. The zero-order chi connectivity index (χ0) is 39.2. The van der Waals surface area contributed by atoms with Gasteiger partial charge in [0.25, 0.3) is 6.47 Å². The third kappa shape index (κ3) is 26.2. The summed E-state index contributed by atoms with van der Waals surface area (Å²) in [5.74, 6) is -0.0625. The molecule has 6 aromatic rings. The number of hydrogen-bond acceptors (Lipinski definition) is 8. The Labute approximate surface area is 451 Å². The van der Waals surface area contributed by atoms with Gasteiger partial charge in [0.2, 0.25) is 0 Å². The van der Waals surface area contributed by atoms with Crippen LogP contribution in [0.25, 0.3) is 33.8 Å². The van der Waals surface area contributed by atoms with Gasteiger partial charge in [-0.1, -0.05) is 67.9 Å². The molecule has 0 amide bonds. The van der Waals surface area contributed by atoms with Gasteiger partial charge in [-0.05, 0) is 83.3 Å². The van der Waals surface area contributed by atoms with Crippen molar-refractivity contribution >= 4 is 12.3 Å². The molecule has 1 N–H and O–H groups in total. The fourth-order valence-electron chi connectivity index (χ4n) is 4.64. The Morgan fingerprint density at radius 1 is 0.632 bits per heavy atom. The molecule has 0 aliphatic rings. The van der Waals surface area contributed by atoms with Crippen molar-refractivity contribution in [2.75, 3.05) is 0 Å². The van der Waals surface area contributed by atoms with Crippen molar-refractivity contribution in [1.29, 1.82) is 0 Å². The van der Waals surface area contributed by atoms with E-state index in [1.807, 2.05) is 99.6 Å². The van der Waals surface area contributed by atoms with E-state index in [1.165, 1.54) is 42.2 Å². The maximum Gasteiger partial charge on any atom is 1.00 e. The van der Waals surface area contributed by atoms with Gasteiger partial charge in [-0.25, -0.2) is 0 Å². The summed E-state index contributed by atoms with van der Waals surface area (Å²) in [6, 6.07) is 45.1. The van der Waals surface area contributed by atoms with Crippen molar-refractivity contribution in [3.63, 3.8) is 0 Å². The van der Waals surface area contributed by atoms with Crippen molar-refractivity contribution in [2.45, 2.75) is 55.4 Å². The third-order valence-corrected chi connectivity index (χ3v) is 6.90. The number of rotatable bonds is 5. The van der Waals surface area contributed by atoms with Gasteiger partial charge in [0.1, 0.15) is 0 Å². The first-order valence-corrected chi connectivity index (χ1v) is 16.8. The molecule has 57 heavy (non-hydrogen) atoms. The van der Waals surface area contributed by atoms with Crippen LogP contribution in [0.1, 0.15) is 49.0 Å². The molecule has 0 bridgehead atoms. The maximum atomic E-state index is 10.0. The van der Waals surface area contributed by atoms with E-state index in [-0.39, 0.29) is 162 Å². The first-order valence-electron chi connectivity index (χ1n) is 16.8. The van der Waals surface area contributed by atoms with Gasteiger partial charge in [0.15, 0.2) is 5.78 Å². The van der Waals surface area contributed by atoms with E-state index in [4.69, 9.17) is 15.2 Å². The number of allylic oxidation sites excluding steroid dienone is 2. The quantitative estimate of drug-likeness (QED) is 0.0532. The normalized spacial score (nSPS) is 9.25. The zero-order valence-electron chi connectivity index (χ0n) is 35.2. The van der Waals surface area contributed by atoms with E-state index in [9.17, 15) is 4.79 Å². The average Bonchev–Trinajstić information content (AvgIpc) is 3.12. The number of benzene rings is 3. The second-order valence-electron chi connectivity index (χ2n) is 12.0. The summed E-state index contributed by atoms with van der Waals surface area (Å²) in [5, 5.41) is 16.8. The van der Waals surface area contributed by atoms with E-state index in [0.717, 1.165) is 45.3 Å². The van der Waals surface area contributed by atoms with Gasteiger partial charge in [0, 0.05) is 68.9 Å². The molecule has 0 saturated heterocycles. The van der Waals surface area contributed by atoms with Gasteiger partial charge in [-0.3, -0.25) is 14.6 Å². The Kier molecular flexibility index (Phi) is 35.7. The number of hydrogen-bond donors (Lipinski definition) is 1.